The van der Waals surface area contributed by atoms with E-state index in [4.69, 9.17) is 0 Å². The molecule has 1 saturated heterocycles. The molecule has 0 spiro atoms. The van der Waals surface area contributed by atoms with Crippen molar-refractivity contribution in [2.45, 2.75) is 68.4 Å². The molecule has 2 aromatic carbocycles. The van der Waals surface area contributed by atoms with E-state index in [2.05, 4.69) is 9.62 Å². The van der Waals surface area contributed by atoms with E-state index in [-0.39, 0.29) is 11.4 Å². The van der Waals surface area contributed by atoms with Gasteiger partial charge in [0.15, 0.2) is 0 Å². The Balaban J connectivity index is 1.31. The van der Waals surface area contributed by atoms with Crippen molar-refractivity contribution in [3.63, 3.8) is 0 Å². The highest BCUT2D eigenvalue weighted by Crippen LogP contribution is 2.34. The fourth-order valence-electron chi connectivity index (χ4n) is 5.31. The van der Waals surface area contributed by atoms with Crippen LogP contribution in [0.15, 0.2) is 47.4 Å². The molecule has 1 saturated carbocycles. The fourth-order valence-corrected chi connectivity index (χ4v) is 6.61. The zero-order chi connectivity index (χ0) is 21.0. The number of sulfonamides is 1. The van der Waals surface area contributed by atoms with Crippen LogP contribution in [0.1, 0.15) is 51.4 Å². The first-order chi connectivity index (χ1) is 14.5. The van der Waals surface area contributed by atoms with Crippen LogP contribution in [0.2, 0.25) is 0 Å². The lowest BCUT2D eigenvalue weighted by Crippen LogP contribution is -2.39. The normalized spacial score (nSPS) is 22.5. The highest BCUT2D eigenvalue weighted by atomic mass is 32.2. The largest absolute Gasteiger partial charge is 0.392 e. The minimum Gasteiger partial charge on any atom is -0.392 e. The molecule has 4 rings (SSSR count). The van der Waals surface area contributed by atoms with Crippen LogP contribution in [0.5, 0.6) is 0 Å². The number of hydrogen-bond acceptors (Lipinski definition) is 4. The summed E-state index contributed by atoms with van der Waals surface area (Å²) in [5.74, 6) is 0.809. The number of rotatable bonds is 8. The average molecular weight is 431 g/mol. The minimum atomic E-state index is -3.67. The van der Waals surface area contributed by atoms with E-state index in [0.29, 0.717) is 17.8 Å². The summed E-state index contributed by atoms with van der Waals surface area (Å²) in [5, 5.41) is 12.1. The minimum absolute atomic E-state index is 0.0491. The molecule has 2 atom stereocenters. The van der Waals surface area contributed by atoms with Crippen molar-refractivity contribution >= 4 is 20.8 Å². The summed E-state index contributed by atoms with van der Waals surface area (Å²) in [5.41, 5.74) is 0. The molecule has 2 N–H and O–H groups in total. The van der Waals surface area contributed by atoms with Gasteiger partial charge in [0.25, 0.3) is 0 Å². The fraction of sp³-hybridized carbons (Fsp3) is 0.583. The number of aliphatic hydroxyl groups excluding tert-OH is 1. The molecular weight excluding hydrogens is 396 g/mol. The van der Waals surface area contributed by atoms with Crippen LogP contribution in [0.25, 0.3) is 10.8 Å². The van der Waals surface area contributed by atoms with Gasteiger partial charge in [-0.15, -0.1) is 0 Å². The third-order valence-corrected chi connectivity index (χ3v) is 8.39. The van der Waals surface area contributed by atoms with Gasteiger partial charge in [-0.05, 0) is 56.0 Å². The van der Waals surface area contributed by atoms with E-state index < -0.39 is 16.1 Å². The number of nitrogens with one attached hydrogen (secondary N) is 1. The van der Waals surface area contributed by atoms with Gasteiger partial charge in [0.2, 0.25) is 10.0 Å². The standard InChI is InChI=1S/C24H34N2O3S/c27-21(15-17-26-16-7-13-23(26)20-9-2-1-3-10-20)18-25-30(28,29)24-14-6-11-19-8-4-5-12-22(19)24/h4-6,8,11-12,14,20-21,23,25,27H,1-3,7,9-10,13,15-18H2/t21-,23?/m1/s1. The summed E-state index contributed by atoms with van der Waals surface area (Å²) in [7, 11) is -3.67. The number of nitrogens with zero attached hydrogens (tertiary/aromatic N) is 1. The van der Waals surface area contributed by atoms with E-state index >= 15 is 0 Å². The maximum absolute atomic E-state index is 12.8. The second-order valence-corrected chi connectivity index (χ2v) is 10.7. The summed E-state index contributed by atoms with van der Waals surface area (Å²) in [6.45, 7) is 2.00. The van der Waals surface area contributed by atoms with Crippen molar-refractivity contribution in [1.29, 1.82) is 0 Å². The third-order valence-electron chi connectivity index (χ3n) is 6.91. The molecule has 2 aromatic rings. The average Bonchev–Trinajstić information content (AvgIpc) is 3.25. The molecule has 0 amide bonds. The number of aliphatic hydroxyl groups is 1. The summed E-state index contributed by atoms with van der Waals surface area (Å²) in [4.78, 5) is 2.81. The Morgan fingerprint density at radius 3 is 2.60 bits per heavy atom. The van der Waals surface area contributed by atoms with E-state index in [1.54, 1.807) is 12.1 Å². The monoisotopic (exact) mass is 430 g/mol. The van der Waals surface area contributed by atoms with Gasteiger partial charge >= 0.3 is 0 Å². The Kier molecular flexibility index (Phi) is 7.08. The van der Waals surface area contributed by atoms with Gasteiger partial charge in [-0.25, -0.2) is 13.1 Å². The van der Waals surface area contributed by atoms with Gasteiger partial charge in [-0.1, -0.05) is 55.7 Å². The molecule has 1 heterocycles. The van der Waals surface area contributed by atoms with Gasteiger partial charge in [-0.3, -0.25) is 0 Å². The highest BCUT2D eigenvalue weighted by Gasteiger charge is 2.32. The zero-order valence-electron chi connectivity index (χ0n) is 17.7. The van der Waals surface area contributed by atoms with Crippen molar-refractivity contribution in [3.8, 4) is 0 Å². The molecular formula is C24H34N2O3S. The van der Waals surface area contributed by atoms with Crippen molar-refractivity contribution in [2.75, 3.05) is 19.6 Å². The molecule has 6 heteroatoms. The molecule has 30 heavy (non-hydrogen) atoms. The summed E-state index contributed by atoms with van der Waals surface area (Å²) in [6.07, 6.45) is 9.20. The number of fused-ring (bicyclic) bond motifs is 1. The van der Waals surface area contributed by atoms with Gasteiger partial charge in [-0.2, -0.15) is 0 Å². The van der Waals surface area contributed by atoms with E-state index in [0.717, 1.165) is 24.4 Å². The molecule has 164 valence electrons. The van der Waals surface area contributed by atoms with Gasteiger partial charge in [0.1, 0.15) is 0 Å². The first-order valence-electron chi connectivity index (χ1n) is 11.4. The SMILES string of the molecule is O=S(=O)(NC[C@H](O)CCN1CCCC1C1CCCCC1)c1cccc2ccccc12. The van der Waals surface area contributed by atoms with Crippen LogP contribution in [0.4, 0.5) is 0 Å². The van der Waals surface area contributed by atoms with Crippen LogP contribution < -0.4 is 4.72 Å². The third kappa shape index (κ3) is 5.05. The Morgan fingerprint density at radius 1 is 1.00 bits per heavy atom. The Labute approximate surface area is 180 Å². The molecule has 5 nitrogen and oxygen atoms in total. The van der Waals surface area contributed by atoms with E-state index in [1.165, 1.54) is 44.9 Å². The second kappa shape index (κ2) is 9.77. The number of likely N-dealkylation sites (tertiary alicyclic amines) is 1. The van der Waals surface area contributed by atoms with Gasteiger partial charge in [0.05, 0.1) is 11.0 Å². The Morgan fingerprint density at radius 2 is 1.77 bits per heavy atom. The lowest BCUT2D eigenvalue weighted by molar-refractivity contribution is 0.115. The second-order valence-electron chi connectivity index (χ2n) is 8.92. The van der Waals surface area contributed by atoms with Crippen LogP contribution in [0.3, 0.4) is 0 Å². The molecule has 1 unspecified atom stereocenters. The molecule has 2 aliphatic rings. The summed E-state index contributed by atoms with van der Waals surface area (Å²) in [6, 6.07) is 13.4. The highest BCUT2D eigenvalue weighted by molar-refractivity contribution is 7.89. The number of benzene rings is 2. The Hall–Kier alpha value is -1.47. The Bertz CT molecular complexity index is 935. The molecule has 1 aliphatic carbocycles. The quantitative estimate of drug-likeness (QED) is 0.666. The predicted molar refractivity (Wildman–Crippen MR) is 121 cm³/mol. The van der Waals surface area contributed by atoms with Crippen molar-refractivity contribution in [3.05, 3.63) is 42.5 Å². The lowest BCUT2D eigenvalue weighted by Gasteiger charge is -2.34. The first kappa shape index (κ1) is 21.8. The molecule has 0 aromatic heterocycles. The van der Waals surface area contributed by atoms with Gasteiger partial charge < -0.3 is 10.0 Å². The maximum atomic E-state index is 12.8. The van der Waals surface area contributed by atoms with Crippen molar-refractivity contribution < 1.29 is 13.5 Å². The van der Waals surface area contributed by atoms with Crippen LogP contribution in [-0.4, -0.2) is 50.2 Å². The molecule has 0 radical (unpaired) electrons. The topological polar surface area (TPSA) is 69.6 Å². The van der Waals surface area contributed by atoms with Crippen molar-refractivity contribution in [1.82, 2.24) is 9.62 Å². The van der Waals surface area contributed by atoms with Crippen molar-refractivity contribution in [2.24, 2.45) is 5.92 Å². The predicted octanol–water partition coefficient (Wildman–Crippen LogP) is 3.91. The summed E-state index contributed by atoms with van der Waals surface area (Å²) < 4.78 is 28.3. The van der Waals surface area contributed by atoms with Gasteiger partial charge in [0, 0.05) is 24.5 Å². The van der Waals surface area contributed by atoms with E-state index in [1.807, 2.05) is 30.3 Å². The summed E-state index contributed by atoms with van der Waals surface area (Å²) >= 11 is 0. The van der Waals surface area contributed by atoms with Crippen LogP contribution in [-0.2, 0) is 10.0 Å². The maximum Gasteiger partial charge on any atom is 0.241 e. The smallest absolute Gasteiger partial charge is 0.241 e. The molecule has 0 bridgehead atoms. The first-order valence-corrected chi connectivity index (χ1v) is 12.9. The molecule has 2 fully saturated rings. The van der Waals surface area contributed by atoms with Crippen LogP contribution >= 0.6 is 0 Å². The van der Waals surface area contributed by atoms with E-state index in [9.17, 15) is 13.5 Å². The zero-order valence-corrected chi connectivity index (χ0v) is 18.5. The molecule has 1 aliphatic heterocycles. The van der Waals surface area contributed by atoms with Crippen LogP contribution in [0, 0.1) is 5.92 Å². The lowest BCUT2D eigenvalue weighted by atomic mass is 9.83. The number of hydrogen-bond donors (Lipinski definition) is 2.